The van der Waals surface area contributed by atoms with Crippen LogP contribution in [0.25, 0.3) is 0 Å². The first kappa shape index (κ1) is 10.1. The largest absolute Gasteiger partial charge is 1.00 e. The molecule has 0 fully saturated rings. The molecular formula is C4H7BrMg. The minimum Gasteiger partial charge on any atom is -1.00 e. The molecule has 0 nitrogen and oxygen atoms in total. The molecule has 2 heteroatoms. The molecule has 0 bridgehead atoms. The van der Waals surface area contributed by atoms with Gasteiger partial charge in [0.2, 0.25) is 0 Å². The summed E-state index contributed by atoms with van der Waals surface area (Å²) < 4.78 is 1.19. The predicted octanol–water partition coefficient (Wildman–Crippen LogP) is -1.85. The Hall–Kier alpha value is 0.986. The maximum atomic E-state index is 2.14. The number of halogens is 1. The van der Waals surface area contributed by atoms with Gasteiger partial charge in [0.1, 0.15) is 0 Å². The Kier molecular flexibility index (Phi) is 15.7. The molecule has 0 amide bonds. The Morgan fingerprint density at radius 2 is 2.17 bits per heavy atom. The van der Waals surface area contributed by atoms with Gasteiger partial charge in [0.15, 0.2) is 0 Å². The Morgan fingerprint density at radius 3 is 2.17 bits per heavy atom. The minimum absolute atomic E-state index is 0. The SMILES string of the molecule is CC=C[CH2][Mg+].[Br-]. The summed E-state index contributed by atoms with van der Waals surface area (Å²) in [6, 6.07) is 0. The van der Waals surface area contributed by atoms with Crippen LogP contribution < -0.4 is 17.0 Å². The summed E-state index contributed by atoms with van der Waals surface area (Å²) in [5, 5.41) is 0. The van der Waals surface area contributed by atoms with Crippen LogP contribution in [0.3, 0.4) is 0 Å². The number of hydrogen-bond acceptors (Lipinski definition) is 0. The van der Waals surface area contributed by atoms with E-state index in [0.29, 0.717) is 0 Å². The fraction of sp³-hybridized carbons (Fsp3) is 0.500. The van der Waals surface area contributed by atoms with Gasteiger partial charge in [-0.25, -0.2) is 0 Å². The van der Waals surface area contributed by atoms with Crippen LogP contribution in [0, 0.1) is 0 Å². The molecule has 0 radical (unpaired) electrons. The van der Waals surface area contributed by atoms with Gasteiger partial charge in [-0.3, -0.25) is 0 Å². The first-order chi connectivity index (χ1) is 2.41. The number of allylic oxidation sites excluding steroid dienone is 2. The summed E-state index contributed by atoms with van der Waals surface area (Å²) in [4.78, 5) is 0. The molecule has 0 saturated carbocycles. The van der Waals surface area contributed by atoms with E-state index in [2.05, 4.69) is 12.2 Å². The van der Waals surface area contributed by atoms with Gasteiger partial charge in [-0.05, 0) is 0 Å². The molecule has 0 rings (SSSR count). The van der Waals surface area contributed by atoms with Crippen LogP contribution in [0.4, 0.5) is 0 Å². The molecule has 0 N–H and O–H groups in total. The average Bonchev–Trinajstić information content (AvgIpc) is 1.41. The van der Waals surface area contributed by atoms with Gasteiger partial charge in [-0.1, -0.05) is 0 Å². The first-order valence-corrected chi connectivity index (χ1v) is 2.82. The average molecular weight is 159 g/mol. The van der Waals surface area contributed by atoms with E-state index < -0.39 is 0 Å². The molecule has 0 aliphatic carbocycles. The third-order valence-electron chi connectivity index (χ3n) is 0.402. The van der Waals surface area contributed by atoms with E-state index in [9.17, 15) is 0 Å². The summed E-state index contributed by atoms with van der Waals surface area (Å²) in [6.45, 7) is 2.04. The first-order valence-electron chi connectivity index (χ1n) is 1.82. The van der Waals surface area contributed by atoms with Gasteiger partial charge in [0, 0.05) is 0 Å². The van der Waals surface area contributed by atoms with E-state index in [-0.39, 0.29) is 17.0 Å². The van der Waals surface area contributed by atoms with Crippen LogP contribution in [0.1, 0.15) is 6.92 Å². The fourth-order valence-corrected chi connectivity index (χ4v) is 0.500. The van der Waals surface area contributed by atoms with Crippen molar-refractivity contribution in [1.29, 1.82) is 0 Å². The molecule has 0 aromatic rings. The number of hydrogen-bond donors (Lipinski definition) is 0. The summed E-state index contributed by atoms with van der Waals surface area (Å²) in [5.41, 5.74) is 0. The summed E-state index contributed by atoms with van der Waals surface area (Å²) >= 11 is 1.96. The van der Waals surface area contributed by atoms with Crippen molar-refractivity contribution in [3.63, 3.8) is 0 Å². The molecule has 0 aromatic carbocycles. The van der Waals surface area contributed by atoms with Crippen molar-refractivity contribution in [2.75, 3.05) is 0 Å². The number of rotatable bonds is 1. The quantitative estimate of drug-likeness (QED) is 0.311. The standard InChI is InChI=1S/C4H7.BrH.Mg/c1-3-4-2;;/h3-4H,1H2,2H3;1H;/q;;+1/p-1. The second-order valence-corrected chi connectivity index (χ2v) is 1.44. The summed E-state index contributed by atoms with van der Waals surface area (Å²) in [5.74, 6) is 0. The smallest absolute Gasteiger partial charge is 1.00 e. The topological polar surface area (TPSA) is 0 Å². The zero-order chi connectivity index (χ0) is 4.12. The van der Waals surface area contributed by atoms with E-state index >= 15 is 0 Å². The van der Waals surface area contributed by atoms with Gasteiger partial charge < -0.3 is 17.0 Å². The molecule has 32 valence electrons. The van der Waals surface area contributed by atoms with Crippen molar-refractivity contribution < 1.29 is 17.0 Å². The zero-order valence-corrected chi connectivity index (χ0v) is 6.95. The van der Waals surface area contributed by atoms with Crippen molar-refractivity contribution in [1.82, 2.24) is 0 Å². The van der Waals surface area contributed by atoms with E-state index in [1.54, 1.807) is 0 Å². The van der Waals surface area contributed by atoms with Crippen LogP contribution in [0.5, 0.6) is 0 Å². The minimum atomic E-state index is 0. The van der Waals surface area contributed by atoms with Crippen LogP contribution in [0.2, 0.25) is 4.55 Å². The van der Waals surface area contributed by atoms with Gasteiger partial charge in [-0.15, -0.1) is 0 Å². The molecule has 0 aliphatic rings. The van der Waals surface area contributed by atoms with Crippen LogP contribution in [-0.2, 0) is 0 Å². The second-order valence-electron chi connectivity index (χ2n) is 0.858. The van der Waals surface area contributed by atoms with E-state index in [0.717, 1.165) is 0 Å². The Bertz CT molecular complexity index is 34.5. The van der Waals surface area contributed by atoms with Crippen molar-refractivity contribution >= 4 is 21.7 Å². The van der Waals surface area contributed by atoms with Crippen LogP contribution in [-0.4, -0.2) is 21.7 Å². The van der Waals surface area contributed by atoms with Gasteiger partial charge in [0.25, 0.3) is 0 Å². The zero-order valence-electron chi connectivity index (χ0n) is 3.95. The molecule has 0 unspecified atom stereocenters. The maximum Gasteiger partial charge on any atom is -1.00 e. The fourth-order valence-electron chi connectivity index (χ4n) is 0.167. The maximum absolute atomic E-state index is 2.14. The Labute approximate surface area is 62.2 Å². The third kappa shape index (κ3) is 8.88. The molecule has 0 aromatic heterocycles. The molecule has 6 heavy (non-hydrogen) atoms. The van der Waals surface area contributed by atoms with Gasteiger partial charge >= 0.3 is 45.3 Å². The van der Waals surface area contributed by atoms with Crippen LogP contribution >= 0.6 is 0 Å². The Balaban J connectivity index is 0. The summed E-state index contributed by atoms with van der Waals surface area (Å²) in [7, 11) is 0. The van der Waals surface area contributed by atoms with Crippen LogP contribution in [0.15, 0.2) is 12.2 Å². The van der Waals surface area contributed by atoms with Crippen molar-refractivity contribution in [3.8, 4) is 0 Å². The van der Waals surface area contributed by atoms with E-state index in [1.807, 2.05) is 28.6 Å². The molecule has 0 aliphatic heterocycles. The third-order valence-corrected chi connectivity index (χ3v) is 0.736. The normalized spacial score (nSPS) is 8.50. The van der Waals surface area contributed by atoms with Crippen molar-refractivity contribution in [2.24, 2.45) is 0 Å². The van der Waals surface area contributed by atoms with Gasteiger partial charge in [0.05, 0.1) is 0 Å². The molecular weight excluding hydrogens is 152 g/mol. The molecule has 0 atom stereocenters. The van der Waals surface area contributed by atoms with Crippen molar-refractivity contribution in [3.05, 3.63) is 12.2 Å². The predicted molar refractivity (Wildman–Crippen MR) is 25.4 cm³/mol. The monoisotopic (exact) mass is 158 g/mol. The second kappa shape index (κ2) is 9.37. The molecule has 0 spiro atoms. The molecule has 0 heterocycles. The van der Waals surface area contributed by atoms with Gasteiger partial charge in [-0.2, -0.15) is 0 Å². The summed E-state index contributed by atoms with van der Waals surface area (Å²) in [6.07, 6.45) is 4.20. The van der Waals surface area contributed by atoms with E-state index in [1.165, 1.54) is 4.55 Å². The van der Waals surface area contributed by atoms with E-state index in [4.69, 9.17) is 0 Å². The Morgan fingerprint density at radius 1 is 1.67 bits per heavy atom. The van der Waals surface area contributed by atoms with Crippen molar-refractivity contribution in [2.45, 2.75) is 11.5 Å². The molecule has 0 saturated heterocycles.